The van der Waals surface area contributed by atoms with Crippen LogP contribution < -0.4 is 0 Å². The summed E-state index contributed by atoms with van der Waals surface area (Å²) in [5.74, 6) is 0.458. The third-order valence-electron chi connectivity index (χ3n) is 1.73. The minimum atomic E-state index is -0.688. The van der Waals surface area contributed by atoms with Gasteiger partial charge in [0, 0.05) is 5.56 Å². The highest BCUT2D eigenvalue weighted by Gasteiger charge is 2.10. The Morgan fingerprint density at radius 3 is 2.57 bits per heavy atom. The summed E-state index contributed by atoms with van der Waals surface area (Å²) in [5.41, 5.74) is 0.865. The van der Waals surface area contributed by atoms with Crippen LogP contribution in [0.5, 0.6) is 0 Å². The standard InChI is InChI=1S/C10H6ClNO2/c11-9(13)10-12-6-8(14-10)7-4-2-1-3-5-7/h1-6H. The number of hydrogen-bond donors (Lipinski definition) is 0. The molecule has 0 fully saturated rings. The van der Waals surface area contributed by atoms with Gasteiger partial charge in [-0.15, -0.1) is 0 Å². The van der Waals surface area contributed by atoms with E-state index in [1.165, 1.54) is 6.20 Å². The van der Waals surface area contributed by atoms with Gasteiger partial charge < -0.3 is 4.42 Å². The van der Waals surface area contributed by atoms with Crippen LogP contribution in [0.2, 0.25) is 0 Å². The maximum Gasteiger partial charge on any atom is 0.307 e. The molecule has 2 aromatic rings. The quantitative estimate of drug-likeness (QED) is 0.712. The largest absolute Gasteiger partial charge is 0.433 e. The van der Waals surface area contributed by atoms with Crippen molar-refractivity contribution in [2.45, 2.75) is 0 Å². The number of carbonyl (C=O) groups excluding carboxylic acids is 1. The van der Waals surface area contributed by atoms with E-state index in [1.807, 2.05) is 30.3 Å². The molecule has 0 spiro atoms. The maximum atomic E-state index is 10.7. The zero-order valence-electron chi connectivity index (χ0n) is 7.11. The molecule has 4 heteroatoms. The van der Waals surface area contributed by atoms with Gasteiger partial charge in [-0.05, 0) is 11.6 Å². The van der Waals surface area contributed by atoms with Crippen molar-refractivity contribution in [3.63, 3.8) is 0 Å². The third-order valence-corrected chi connectivity index (χ3v) is 1.89. The summed E-state index contributed by atoms with van der Waals surface area (Å²) >= 11 is 5.21. The molecule has 2 rings (SSSR count). The molecule has 0 aliphatic heterocycles. The number of rotatable bonds is 2. The molecule has 3 nitrogen and oxygen atoms in total. The number of oxazole rings is 1. The topological polar surface area (TPSA) is 43.1 Å². The summed E-state index contributed by atoms with van der Waals surface area (Å²) in [6, 6.07) is 9.37. The molecule has 0 radical (unpaired) electrons. The van der Waals surface area contributed by atoms with E-state index in [2.05, 4.69) is 4.98 Å². The molecule has 0 amide bonds. The Labute approximate surface area is 85.3 Å². The maximum absolute atomic E-state index is 10.7. The summed E-state index contributed by atoms with van der Waals surface area (Å²) in [5, 5.41) is -0.688. The third kappa shape index (κ3) is 1.67. The molecule has 0 N–H and O–H groups in total. The molecule has 0 aliphatic rings. The molecule has 0 saturated carbocycles. The first kappa shape index (κ1) is 8.97. The molecule has 14 heavy (non-hydrogen) atoms. The Kier molecular flexibility index (Phi) is 2.33. The van der Waals surface area contributed by atoms with Crippen LogP contribution in [-0.4, -0.2) is 10.2 Å². The fourth-order valence-electron chi connectivity index (χ4n) is 1.10. The molecular weight excluding hydrogens is 202 g/mol. The molecule has 0 aliphatic carbocycles. The lowest BCUT2D eigenvalue weighted by Crippen LogP contribution is -1.85. The molecular formula is C10H6ClNO2. The summed E-state index contributed by atoms with van der Waals surface area (Å²) in [6.45, 7) is 0. The summed E-state index contributed by atoms with van der Waals surface area (Å²) in [4.78, 5) is 14.4. The first-order chi connectivity index (χ1) is 6.77. The number of carbonyl (C=O) groups is 1. The highest BCUT2D eigenvalue weighted by Crippen LogP contribution is 2.20. The second-order valence-electron chi connectivity index (χ2n) is 2.67. The number of benzene rings is 1. The normalized spacial score (nSPS) is 10.1. The van der Waals surface area contributed by atoms with Crippen LogP contribution >= 0.6 is 11.6 Å². The molecule has 0 unspecified atom stereocenters. The van der Waals surface area contributed by atoms with E-state index in [0.29, 0.717) is 5.76 Å². The molecule has 1 aromatic heterocycles. The summed E-state index contributed by atoms with van der Waals surface area (Å²) in [7, 11) is 0. The lowest BCUT2D eigenvalue weighted by Gasteiger charge is -1.92. The van der Waals surface area contributed by atoms with Crippen LogP contribution in [0.4, 0.5) is 0 Å². The summed E-state index contributed by atoms with van der Waals surface area (Å²) < 4.78 is 5.14. The second kappa shape index (κ2) is 3.64. The molecule has 1 heterocycles. The predicted octanol–water partition coefficient (Wildman–Crippen LogP) is 2.72. The van der Waals surface area contributed by atoms with Gasteiger partial charge >= 0.3 is 5.24 Å². The van der Waals surface area contributed by atoms with E-state index < -0.39 is 5.24 Å². The van der Waals surface area contributed by atoms with Crippen LogP contribution in [-0.2, 0) is 0 Å². The van der Waals surface area contributed by atoms with Crippen molar-refractivity contribution in [3.05, 3.63) is 42.4 Å². The number of nitrogens with zero attached hydrogens (tertiary/aromatic N) is 1. The van der Waals surface area contributed by atoms with Crippen LogP contribution in [0.25, 0.3) is 11.3 Å². The minimum Gasteiger partial charge on any atom is -0.433 e. The number of halogens is 1. The molecule has 0 saturated heterocycles. The average Bonchev–Trinajstić information content (AvgIpc) is 2.68. The Morgan fingerprint density at radius 1 is 1.29 bits per heavy atom. The van der Waals surface area contributed by atoms with Crippen LogP contribution in [0.15, 0.2) is 40.9 Å². The van der Waals surface area contributed by atoms with Gasteiger partial charge in [-0.25, -0.2) is 4.98 Å². The monoisotopic (exact) mass is 207 g/mol. The fraction of sp³-hybridized carbons (Fsp3) is 0. The SMILES string of the molecule is O=C(Cl)c1ncc(-c2ccccc2)o1. The highest BCUT2D eigenvalue weighted by molar-refractivity contribution is 6.67. The van der Waals surface area contributed by atoms with Gasteiger partial charge in [-0.1, -0.05) is 30.3 Å². The Morgan fingerprint density at radius 2 is 2.00 bits per heavy atom. The second-order valence-corrected chi connectivity index (χ2v) is 3.01. The van der Waals surface area contributed by atoms with Gasteiger partial charge in [0.2, 0.25) is 0 Å². The predicted molar refractivity (Wildman–Crippen MR) is 52.1 cm³/mol. The lowest BCUT2D eigenvalue weighted by molar-refractivity contribution is 0.105. The van der Waals surface area contributed by atoms with Crippen molar-refractivity contribution in [3.8, 4) is 11.3 Å². The molecule has 70 valence electrons. The van der Waals surface area contributed by atoms with Gasteiger partial charge in [-0.3, -0.25) is 4.79 Å². The van der Waals surface area contributed by atoms with Crippen LogP contribution in [0.3, 0.4) is 0 Å². The van der Waals surface area contributed by atoms with E-state index in [-0.39, 0.29) is 5.89 Å². The van der Waals surface area contributed by atoms with Gasteiger partial charge in [0.15, 0.2) is 5.76 Å². The van der Waals surface area contributed by atoms with Gasteiger partial charge in [-0.2, -0.15) is 0 Å². The molecule has 0 bridgehead atoms. The van der Waals surface area contributed by atoms with E-state index in [4.69, 9.17) is 16.0 Å². The Balaban J connectivity index is 2.39. The van der Waals surface area contributed by atoms with E-state index in [1.54, 1.807) is 0 Å². The van der Waals surface area contributed by atoms with Crippen molar-refractivity contribution >= 4 is 16.8 Å². The van der Waals surface area contributed by atoms with Gasteiger partial charge in [0.25, 0.3) is 5.89 Å². The van der Waals surface area contributed by atoms with E-state index in [0.717, 1.165) is 5.56 Å². The molecule has 0 atom stereocenters. The number of aromatic nitrogens is 1. The minimum absolute atomic E-state index is 0.0782. The fourth-order valence-corrected chi connectivity index (χ4v) is 1.19. The smallest absolute Gasteiger partial charge is 0.307 e. The average molecular weight is 208 g/mol. The highest BCUT2D eigenvalue weighted by atomic mass is 35.5. The summed E-state index contributed by atoms with van der Waals surface area (Å²) in [6.07, 6.45) is 1.48. The lowest BCUT2D eigenvalue weighted by atomic mass is 10.2. The van der Waals surface area contributed by atoms with Crippen molar-refractivity contribution in [2.75, 3.05) is 0 Å². The van der Waals surface area contributed by atoms with E-state index in [9.17, 15) is 4.79 Å². The van der Waals surface area contributed by atoms with Gasteiger partial charge in [0.05, 0.1) is 6.20 Å². The Hall–Kier alpha value is -1.61. The zero-order chi connectivity index (χ0) is 9.97. The molecule has 1 aromatic carbocycles. The van der Waals surface area contributed by atoms with E-state index >= 15 is 0 Å². The van der Waals surface area contributed by atoms with Crippen LogP contribution in [0, 0.1) is 0 Å². The van der Waals surface area contributed by atoms with Crippen molar-refractivity contribution in [2.24, 2.45) is 0 Å². The van der Waals surface area contributed by atoms with Gasteiger partial charge in [0.1, 0.15) is 0 Å². The zero-order valence-corrected chi connectivity index (χ0v) is 7.86. The van der Waals surface area contributed by atoms with Crippen LogP contribution in [0.1, 0.15) is 10.7 Å². The van der Waals surface area contributed by atoms with Crippen molar-refractivity contribution < 1.29 is 9.21 Å². The first-order valence-electron chi connectivity index (χ1n) is 3.98. The number of hydrogen-bond acceptors (Lipinski definition) is 3. The van der Waals surface area contributed by atoms with Crippen molar-refractivity contribution in [1.82, 2.24) is 4.98 Å². The Bertz CT molecular complexity index is 450. The first-order valence-corrected chi connectivity index (χ1v) is 4.36. The van der Waals surface area contributed by atoms with Crippen molar-refractivity contribution in [1.29, 1.82) is 0 Å².